The summed E-state index contributed by atoms with van der Waals surface area (Å²) in [5.41, 5.74) is 3.80. The molecular weight excluding hydrogens is 228 g/mol. The topological polar surface area (TPSA) is 24.9 Å². The smallest absolute Gasteiger partial charge is 0.0897 e. The third-order valence-electron chi connectivity index (χ3n) is 2.91. The molecule has 0 bridgehead atoms. The van der Waals surface area contributed by atoms with Gasteiger partial charge in [0.25, 0.3) is 0 Å². The monoisotopic (exact) mass is 246 g/mol. The van der Waals surface area contributed by atoms with Gasteiger partial charge in [-0.1, -0.05) is 29.8 Å². The van der Waals surface area contributed by atoms with Crippen molar-refractivity contribution in [2.24, 2.45) is 0 Å². The van der Waals surface area contributed by atoms with E-state index in [4.69, 9.17) is 0 Å². The molecule has 0 saturated heterocycles. The van der Waals surface area contributed by atoms with Gasteiger partial charge in [-0.05, 0) is 26.5 Å². The maximum Gasteiger partial charge on any atom is 0.0897 e. The molecule has 3 heteroatoms. The second kappa shape index (κ2) is 5.43. The number of rotatable bonds is 4. The van der Waals surface area contributed by atoms with Crippen molar-refractivity contribution in [1.82, 2.24) is 10.3 Å². The highest BCUT2D eigenvalue weighted by Gasteiger charge is 2.11. The minimum atomic E-state index is 0.345. The fourth-order valence-electron chi connectivity index (χ4n) is 1.90. The molecule has 1 N–H and O–H groups in total. The molecule has 1 aromatic carbocycles. The zero-order valence-electron chi connectivity index (χ0n) is 10.5. The molecule has 2 rings (SSSR count). The van der Waals surface area contributed by atoms with E-state index in [1.807, 2.05) is 7.05 Å². The van der Waals surface area contributed by atoms with E-state index in [1.165, 1.54) is 16.8 Å². The summed E-state index contributed by atoms with van der Waals surface area (Å²) in [7, 11) is 2.00. The van der Waals surface area contributed by atoms with E-state index in [1.54, 1.807) is 11.3 Å². The number of likely N-dealkylation sites (N-methyl/N-ethyl adjacent to an activating group) is 1. The predicted octanol–water partition coefficient (Wildman–Crippen LogP) is 3.26. The molecular formula is C14H18N2S. The first-order valence-electron chi connectivity index (χ1n) is 5.84. The lowest BCUT2D eigenvalue weighted by Gasteiger charge is -2.15. The van der Waals surface area contributed by atoms with E-state index >= 15 is 0 Å². The average Bonchev–Trinajstić information content (AvgIpc) is 2.73. The highest BCUT2D eigenvalue weighted by atomic mass is 32.1. The van der Waals surface area contributed by atoms with Gasteiger partial charge in [0.2, 0.25) is 0 Å². The Morgan fingerprint density at radius 3 is 2.47 bits per heavy atom. The molecule has 1 atom stereocenters. The largest absolute Gasteiger partial charge is 0.313 e. The Morgan fingerprint density at radius 2 is 1.94 bits per heavy atom. The van der Waals surface area contributed by atoms with Crippen LogP contribution in [0.1, 0.15) is 27.9 Å². The molecule has 0 aliphatic carbocycles. The van der Waals surface area contributed by atoms with Crippen molar-refractivity contribution < 1.29 is 0 Å². The summed E-state index contributed by atoms with van der Waals surface area (Å²) >= 11 is 1.72. The summed E-state index contributed by atoms with van der Waals surface area (Å²) < 4.78 is 0. The van der Waals surface area contributed by atoms with Crippen LogP contribution in [0.3, 0.4) is 0 Å². The van der Waals surface area contributed by atoms with Gasteiger partial charge in [0, 0.05) is 17.8 Å². The molecule has 0 aliphatic rings. The van der Waals surface area contributed by atoms with Gasteiger partial charge in [0.15, 0.2) is 0 Å². The lowest BCUT2D eigenvalue weighted by molar-refractivity contribution is 0.585. The molecule has 17 heavy (non-hydrogen) atoms. The maximum absolute atomic E-state index is 4.52. The van der Waals surface area contributed by atoms with Crippen LogP contribution in [0.2, 0.25) is 0 Å². The number of thiazole rings is 1. The third kappa shape index (κ3) is 3.14. The van der Waals surface area contributed by atoms with Crippen LogP contribution in [0.15, 0.2) is 29.6 Å². The number of nitrogens with one attached hydrogen (secondary N) is 1. The first kappa shape index (κ1) is 12.3. The predicted molar refractivity (Wildman–Crippen MR) is 73.5 cm³/mol. The second-order valence-electron chi connectivity index (χ2n) is 4.31. The van der Waals surface area contributed by atoms with E-state index in [0.29, 0.717) is 6.04 Å². The maximum atomic E-state index is 4.52. The number of aromatic nitrogens is 1. The van der Waals surface area contributed by atoms with Gasteiger partial charge in [-0.15, -0.1) is 11.3 Å². The van der Waals surface area contributed by atoms with Crippen LogP contribution >= 0.6 is 11.3 Å². The molecule has 2 aromatic rings. The van der Waals surface area contributed by atoms with Crippen molar-refractivity contribution >= 4 is 11.3 Å². The van der Waals surface area contributed by atoms with E-state index in [9.17, 15) is 0 Å². The number of hydrogen-bond donors (Lipinski definition) is 1. The Labute approximate surface area is 107 Å². The lowest BCUT2D eigenvalue weighted by Crippen LogP contribution is -2.18. The second-order valence-corrected chi connectivity index (χ2v) is 5.38. The van der Waals surface area contributed by atoms with Gasteiger partial charge in [0.05, 0.1) is 10.7 Å². The quantitative estimate of drug-likeness (QED) is 0.895. The molecule has 0 amide bonds. The van der Waals surface area contributed by atoms with Crippen molar-refractivity contribution in [2.75, 3.05) is 7.05 Å². The van der Waals surface area contributed by atoms with Crippen LogP contribution in [-0.2, 0) is 6.42 Å². The molecule has 90 valence electrons. The fourth-order valence-corrected chi connectivity index (χ4v) is 2.52. The van der Waals surface area contributed by atoms with Crippen molar-refractivity contribution in [1.29, 1.82) is 0 Å². The van der Waals surface area contributed by atoms with Crippen molar-refractivity contribution in [2.45, 2.75) is 26.3 Å². The number of aryl methyl sites for hydroxylation is 2. The summed E-state index contributed by atoms with van der Waals surface area (Å²) in [5, 5.41) is 6.64. The fraction of sp³-hybridized carbons (Fsp3) is 0.357. The number of nitrogens with zero attached hydrogens (tertiary/aromatic N) is 1. The molecule has 0 saturated carbocycles. The van der Waals surface area contributed by atoms with Gasteiger partial charge >= 0.3 is 0 Å². The molecule has 0 fully saturated rings. The highest BCUT2D eigenvalue weighted by Crippen LogP contribution is 2.19. The van der Waals surface area contributed by atoms with Crippen molar-refractivity contribution in [3.63, 3.8) is 0 Å². The molecule has 1 heterocycles. The van der Waals surface area contributed by atoms with Gasteiger partial charge < -0.3 is 5.32 Å². The standard InChI is InChI=1S/C14H18N2S/c1-10-4-6-12(7-5-10)14(15-3)8-13-9-17-11(2)16-13/h4-7,9,14-15H,8H2,1-3H3. The van der Waals surface area contributed by atoms with Crippen LogP contribution in [0.25, 0.3) is 0 Å². The molecule has 1 aromatic heterocycles. The summed E-state index contributed by atoms with van der Waals surface area (Å²) in [4.78, 5) is 4.52. The Balaban J connectivity index is 2.13. The average molecular weight is 246 g/mol. The van der Waals surface area contributed by atoms with Crippen LogP contribution in [-0.4, -0.2) is 12.0 Å². The van der Waals surface area contributed by atoms with Crippen molar-refractivity contribution in [3.05, 3.63) is 51.5 Å². The Morgan fingerprint density at radius 1 is 1.24 bits per heavy atom. The van der Waals surface area contributed by atoms with Gasteiger partial charge in [-0.25, -0.2) is 4.98 Å². The van der Waals surface area contributed by atoms with E-state index in [0.717, 1.165) is 11.4 Å². The Bertz CT molecular complexity index is 473. The van der Waals surface area contributed by atoms with Gasteiger partial charge in [-0.3, -0.25) is 0 Å². The van der Waals surface area contributed by atoms with Gasteiger partial charge in [0.1, 0.15) is 0 Å². The highest BCUT2D eigenvalue weighted by molar-refractivity contribution is 7.09. The first-order valence-corrected chi connectivity index (χ1v) is 6.72. The van der Waals surface area contributed by atoms with Gasteiger partial charge in [-0.2, -0.15) is 0 Å². The molecule has 2 nitrogen and oxygen atoms in total. The molecule has 0 radical (unpaired) electrons. The van der Waals surface area contributed by atoms with Crippen LogP contribution in [0.4, 0.5) is 0 Å². The minimum absolute atomic E-state index is 0.345. The van der Waals surface area contributed by atoms with Crippen LogP contribution in [0, 0.1) is 13.8 Å². The number of hydrogen-bond acceptors (Lipinski definition) is 3. The normalized spacial score (nSPS) is 12.6. The SMILES string of the molecule is CNC(Cc1csc(C)n1)c1ccc(C)cc1. The lowest BCUT2D eigenvalue weighted by atomic mass is 10.0. The minimum Gasteiger partial charge on any atom is -0.313 e. The summed E-state index contributed by atoms with van der Waals surface area (Å²) in [6.45, 7) is 4.16. The van der Waals surface area contributed by atoms with E-state index in [-0.39, 0.29) is 0 Å². The molecule has 1 unspecified atom stereocenters. The first-order chi connectivity index (χ1) is 8.19. The Kier molecular flexibility index (Phi) is 3.92. The van der Waals surface area contributed by atoms with E-state index < -0.39 is 0 Å². The summed E-state index contributed by atoms with van der Waals surface area (Å²) in [6, 6.07) is 9.04. The molecule has 0 aliphatic heterocycles. The third-order valence-corrected chi connectivity index (χ3v) is 3.73. The van der Waals surface area contributed by atoms with E-state index in [2.05, 4.69) is 53.8 Å². The molecule has 0 spiro atoms. The zero-order valence-corrected chi connectivity index (χ0v) is 11.3. The summed E-state index contributed by atoms with van der Waals surface area (Å²) in [6.07, 6.45) is 0.948. The zero-order chi connectivity index (χ0) is 12.3. The number of benzene rings is 1. The van der Waals surface area contributed by atoms with Crippen LogP contribution < -0.4 is 5.32 Å². The summed E-state index contributed by atoms with van der Waals surface area (Å²) in [5.74, 6) is 0. The van der Waals surface area contributed by atoms with Crippen LogP contribution in [0.5, 0.6) is 0 Å². The van der Waals surface area contributed by atoms with Crippen molar-refractivity contribution in [3.8, 4) is 0 Å². The Hall–Kier alpha value is -1.19.